The number of carbonyl (C=O) groups is 1. The lowest BCUT2D eigenvalue weighted by Gasteiger charge is -2.46. The molecule has 2 heterocycles. The largest absolute Gasteiger partial charge is 0.497 e. The van der Waals surface area contributed by atoms with Crippen molar-refractivity contribution in [2.75, 3.05) is 20.2 Å². The van der Waals surface area contributed by atoms with Crippen molar-refractivity contribution in [2.45, 2.75) is 63.8 Å². The van der Waals surface area contributed by atoms with E-state index in [-0.39, 0.29) is 11.8 Å². The third kappa shape index (κ3) is 4.97. The number of carbonyl (C=O) groups excluding carboxylic acids is 1. The van der Waals surface area contributed by atoms with Crippen molar-refractivity contribution in [3.05, 3.63) is 101 Å². The van der Waals surface area contributed by atoms with Crippen molar-refractivity contribution in [3.63, 3.8) is 0 Å². The predicted molar refractivity (Wildman–Crippen MR) is 151 cm³/mol. The first kappa shape index (κ1) is 26.5. The summed E-state index contributed by atoms with van der Waals surface area (Å²) in [6.45, 7) is 6.30. The number of piperidine rings is 1. The van der Waals surface area contributed by atoms with E-state index in [0.29, 0.717) is 30.7 Å². The third-order valence-electron chi connectivity index (χ3n) is 8.82. The van der Waals surface area contributed by atoms with Crippen LogP contribution in [-0.4, -0.2) is 53.1 Å². The van der Waals surface area contributed by atoms with Gasteiger partial charge in [-0.3, -0.25) is 9.69 Å². The Labute approximate surface area is 227 Å². The number of methoxy groups -OCH3 is 1. The van der Waals surface area contributed by atoms with Crippen molar-refractivity contribution in [2.24, 2.45) is 5.92 Å². The lowest BCUT2D eigenvalue weighted by atomic mass is 9.70. The number of nitrogens with zero attached hydrogens (tertiary/aromatic N) is 2. The van der Waals surface area contributed by atoms with Gasteiger partial charge in [-0.1, -0.05) is 54.6 Å². The van der Waals surface area contributed by atoms with Crippen molar-refractivity contribution < 1.29 is 14.6 Å². The summed E-state index contributed by atoms with van der Waals surface area (Å²) in [5, 5.41) is 12.7. The quantitative estimate of drug-likeness (QED) is 0.390. The van der Waals surface area contributed by atoms with Gasteiger partial charge in [0, 0.05) is 37.3 Å². The van der Waals surface area contributed by atoms with Gasteiger partial charge in [-0.15, -0.1) is 0 Å². The van der Waals surface area contributed by atoms with E-state index >= 15 is 0 Å². The third-order valence-corrected chi connectivity index (χ3v) is 8.82. The topological polar surface area (TPSA) is 53.0 Å². The second kappa shape index (κ2) is 11.3. The van der Waals surface area contributed by atoms with Crippen LogP contribution >= 0.6 is 0 Å². The van der Waals surface area contributed by atoms with Gasteiger partial charge in [0.15, 0.2) is 0 Å². The first-order valence-electron chi connectivity index (χ1n) is 14.0. The van der Waals surface area contributed by atoms with Crippen molar-refractivity contribution >= 4 is 5.91 Å². The van der Waals surface area contributed by atoms with Crippen LogP contribution in [0.2, 0.25) is 0 Å². The van der Waals surface area contributed by atoms with Crippen LogP contribution in [0.5, 0.6) is 5.75 Å². The van der Waals surface area contributed by atoms with Gasteiger partial charge in [-0.05, 0) is 86.4 Å². The van der Waals surface area contributed by atoms with Gasteiger partial charge in [0.05, 0.1) is 7.11 Å². The minimum absolute atomic E-state index is 0.0266. The average Bonchev–Trinajstić information content (AvgIpc) is 3.18. The van der Waals surface area contributed by atoms with Crippen molar-refractivity contribution in [3.8, 4) is 5.75 Å². The number of benzene rings is 3. The van der Waals surface area contributed by atoms with Crippen LogP contribution < -0.4 is 4.74 Å². The summed E-state index contributed by atoms with van der Waals surface area (Å²) in [4.78, 5) is 17.4. The van der Waals surface area contributed by atoms with Crippen molar-refractivity contribution in [1.29, 1.82) is 0 Å². The van der Waals surface area contributed by atoms with Gasteiger partial charge >= 0.3 is 0 Å². The molecule has 3 unspecified atom stereocenters. The van der Waals surface area contributed by atoms with E-state index in [9.17, 15) is 9.90 Å². The zero-order chi connectivity index (χ0) is 26.7. The highest BCUT2D eigenvalue weighted by atomic mass is 16.5. The molecule has 0 saturated carbocycles. The average molecular weight is 513 g/mol. The van der Waals surface area contributed by atoms with Crippen LogP contribution in [0, 0.1) is 5.92 Å². The summed E-state index contributed by atoms with van der Waals surface area (Å²) >= 11 is 0. The Morgan fingerprint density at radius 2 is 1.58 bits per heavy atom. The molecular weight excluding hydrogens is 472 g/mol. The predicted octanol–water partition coefficient (Wildman–Crippen LogP) is 5.86. The van der Waals surface area contributed by atoms with E-state index < -0.39 is 5.60 Å². The van der Waals surface area contributed by atoms with E-state index in [0.717, 1.165) is 36.3 Å². The summed E-state index contributed by atoms with van der Waals surface area (Å²) < 4.78 is 5.54. The Bertz CT molecular complexity index is 1210. The summed E-state index contributed by atoms with van der Waals surface area (Å²) in [5.74, 6) is 0.820. The van der Waals surface area contributed by atoms with Gasteiger partial charge in [0.2, 0.25) is 0 Å². The number of hydrogen-bond donors (Lipinski definition) is 1. The highest BCUT2D eigenvalue weighted by Crippen LogP contribution is 2.49. The van der Waals surface area contributed by atoms with Crippen LogP contribution in [0.25, 0.3) is 0 Å². The van der Waals surface area contributed by atoms with Gasteiger partial charge in [-0.2, -0.15) is 0 Å². The fourth-order valence-corrected chi connectivity index (χ4v) is 6.73. The van der Waals surface area contributed by atoms with Crippen LogP contribution in [0.1, 0.15) is 66.6 Å². The molecule has 3 aromatic rings. The molecule has 5 rings (SSSR count). The Morgan fingerprint density at radius 1 is 0.921 bits per heavy atom. The van der Waals surface area contributed by atoms with Gasteiger partial charge in [-0.25, -0.2) is 0 Å². The second-order valence-corrected chi connectivity index (χ2v) is 10.8. The molecule has 2 saturated heterocycles. The molecule has 1 amide bonds. The number of aliphatic hydroxyl groups is 1. The molecule has 3 aromatic carbocycles. The van der Waals surface area contributed by atoms with Gasteiger partial charge in [0.25, 0.3) is 5.91 Å². The second-order valence-electron chi connectivity index (χ2n) is 10.8. The molecule has 0 radical (unpaired) electrons. The fraction of sp³-hybridized carbons (Fsp3) is 0.424. The molecular formula is C33H40N2O3. The van der Waals surface area contributed by atoms with Crippen LogP contribution in [-0.2, 0) is 12.1 Å². The molecule has 38 heavy (non-hydrogen) atoms. The lowest BCUT2D eigenvalue weighted by Crippen LogP contribution is -2.49. The monoisotopic (exact) mass is 512 g/mol. The summed E-state index contributed by atoms with van der Waals surface area (Å²) in [6.07, 6.45) is 4.19. The maximum atomic E-state index is 12.9. The zero-order valence-electron chi connectivity index (χ0n) is 22.8. The molecule has 2 aliphatic heterocycles. The minimum atomic E-state index is -1.18. The number of hydrogen-bond acceptors (Lipinski definition) is 4. The Morgan fingerprint density at radius 3 is 2.18 bits per heavy atom. The molecule has 0 spiro atoms. The molecule has 2 bridgehead atoms. The summed E-state index contributed by atoms with van der Waals surface area (Å²) in [5.41, 5.74) is 2.51. The summed E-state index contributed by atoms with van der Waals surface area (Å²) in [7, 11) is 1.66. The lowest BCUT2D eigenvalue weighted by molar-refractivity contribution is -0.0362. The van der Waals surface area contributed by atoms with Gasteiger partial charge < -0.3 is 14.7 Å². The van der Waals surface area contributed by atoms with E-state index in [4.69, 9.17) is 4.74 Å². The van der Waals surface area contributed by atoms with Crippen LogP contribution in [0.15, 0.2) is 78.9 Å². The molecule has 200 valence electrons. The van der Waals surface area contributed by atoms with E-state index in [2.05, 4.69) is 35.2 Å². The molecule has 3 atom stereocenters. The van der Waals surface area contributed by atoms with Crippen molar-refractivity contribution in [1.82, 2.24) is 9.80 Å². The molecule has 0 aromatic heterocycles. The fourth-order valence-electron chi connectivity index (χ4n) is 6.73. The van der Waals surface area contributed by atoms with Gasteiger partial charge in [0.1, 0.15) is 11.4 Å². The Hall–Kier alpha value is -3.15. The molecule has 1 N–H and O–H groups in total. The Kier molecular flexibility index (Phi) is 7.87. The van der Waals surface area contributed by atoms with E-state index in [1.54, 1.807) is 7.11 Å². The maximum absolute atomic E-state index is 12.9. The van der Waals surface area contributed by atoms with Crippen LogP contribution in [0.3, 0.4) is 0 Å². The molecule has 5 nitrogen and oxygen atoms in total. The van der Waals surface area contributed by atoms with E-state index in [1.807, 2.05) is 67.3 Å². The Balaban J connectivity index is 1.47. The first-order chi connectivity index (χ1) is 18.5. The molecule has 2 aliphatic rings. The SMILES string of the molecule is CCN(CC)C(=O)c1ccc(C(O)(c2cccc(OC)c2)C2CC3CCC(C2)N3Cc2ccccc2)cc1. The summed E-state index contributed by atoms with van der Waals surface area (Å²) in [6, 6.07) is 27.1. The zero-order valence-corrected chi connectivity index (χ0v) is 22.8. The molecule has 5 heteroatoms. The number of fused-ring (bicyclic) bond motifs is 2. The van der Waals surface area contributed by atoms with E-state index in [1.165, 1.54) is 18.4 Å². The van der Waals surface area contributed by atoms with Crippen LogP contribution in [0.4, 0.5) is 0 Å². The highest BCUT2D eigenvalue weighted by Gasteiger charge is 2.49. The normalized spacial score (nSPS) is 22.6. The number of amides is 1. The smallest absolute Gasteiger partial charge is 0.253 e. The molecule has 2 fully saturated rings. The maximum Gasteiger partial charge on any atom is 0.253 e. The number of rotatable bonds is 9. The highest BCUT2D eigenvalue weighted by molar-refractivity contribution is 5.94. The number of ether oxygens (including phenoxy) is 1. The minimum Gasteiger partial charge on any atom is -0.497 e. The first-order valence-corrected chi connectivity index (χ1v) is 14.0. The standard InChI is InChI=1S/C33H40N2O3/c1-4-34(5-2)32(36)25-14-16-26(17-15-25)33(37,27-12-9-13-31(22-27)38-3)28-20-29-18-19-30(21-28)35(29)23-24-10-7-6-8-11-24/h6-17,22,28-30,37H,4-5,18-21,23H2,1-3H3. The molecule has 0 aliphatic carbocycles.